The molecule has 0 fully saturated rings. The molecule has 1 aromatic heterocycles. The minimum atomic E-state index is -0.206. The molecule has 0 saturated heterocycles. The van der Waals surface area contributed by atoms with Crippen molar-refractivity contribution < 1.29 is 4.79 Å². The molecule has 4 heteroatoms. The van der Waals surface area contributed by atoms with Crippen molar-refractivity contribution in [2.45, 2.75) is 13.8 Å². The molecule has 3 aromatic rings. The largest absolute Gasteiger partial charge is 0.271 e. The molecule has 0 bridgehead atoms. The van der Waals surface area contributed by atoms with Crippen molar-refractivity contribution in [2.75, 3.05) is 0 Å². The van der Waals surface area contributed by atoms with E-state index in [1.807, 2.05) is 80.6 Å². The van der Waals surface area contributed by atoms with Gasteiger partial charge in [0.15, 0.2) is 0 Å². The highest BCUT2D eigenvalue weighted by Crippen LogP contribution is 2.19. The lowest BCUT2D eigenvalue weighted by Crippen LogP contribution is -2.19. The molecule has 1 amide bonds. The average Bonchev–Trinajstić information content (AvgIpc) is 3.07. The molecular formula is C20H18N2OS. The highest BCUT2D eigenvalue weighted by Gasteiger charge is 2.06. The maximum absolute atomic E-state index is 12.2. The van der Waals surface area contributed by atoms with Crippen LogP contribution in [0.5, 0.6) is 0 Å². The Morgan fingerprint density at radius 2 is 1.58 bits per heavy atom. The molecule has 1 N–H and O–H groups in total. The van der Waals surface area contributed by atoms with E-state index >= 15 is 0 Å². The summed E-state index contributed by atoms with van der Waals surface area (Å²) < 4.78 is 0. The van der Waals surface area contributed by atoms with Crippen LogP contribution < -0.4 is 5.43 Å². The van der Waals surface area contributed by atoms with Gasteiger partial charge < -0.3 is 0 Å². The fourth-order valence-electron chi connectivity index (χ4n) is 2.33. The number of hydrogen-bond acceptors (Lipinski definition) is 3. The van der Waals surface area contributed by atoms with E-state index in [-0.39, 0.29) is 5.91 Å². The molecule has 0 atom stereocenters. The lowest BCUT2D eigenvalue weighted by Gasteiger charge is -2.04. The van der Waals surface area contributed by atoms with Crippen molar-refractivity contribution in [3.05, 3.63) is 82.0 Å². The monoisotopic (exact) mass is 334 g/mol. The first kappa shape index (κ1) is 16.1. The van der Waals surface area contributed by atoms with E-state index in [1.165, 1.54) is 4.88 Å². The maximum Gasteiger partial charge on any atom is 0.271 e. The average molecular weight is 334 g/mol. The summed E-state index contributed by atoms with van der Waals surface area (Å²) in [4.78, 5) is 14.5. The highest BCUT2D eigenvalue weighted by molar-refractivity contribution is 7.14. The third-order valence-electron chi connectivity index (χ3n) is 3.68. The van der Waals surface area contributed by atoms with Gasteiger partial charge in [-0.1, -0.05) is 42.5 Å². The fraction of sp³-hybridized carbons (Fsp3) is 0.100. The molecule has 0 spiro atoms. The van der Waals surface area contributed by atoms with Crippen molar-refractivity contribution in [1.29, 1.82) is 0 Å². The Morgan fingerprint density at radius 3 is 2.21 bits per heavy atom. The number of amides is 1. The Kier molecular flexibility index (Phi) is 4.87. The zero-order valence-electron chi connectivity index (χ0n) is 13.6. The van der Waals surface area contributed by atoms with Crippen LogP contribution in [0, 0.1) is 6.92 Å². The first-order valence-electron chi connectivity index (χ1n) is 7.70. The van der Waals surface area contributed by atoms with Crippen molar-refractivity contribution in [2.24, 2.45) is 5.10 Å². The Bertz CT molecular complexity index is 864. The summed E-state index contributed by atoms with van der Waals surface area (Å²) >= 11 is 1.66. The van der Waals surface area contributed by atoms with Gasteiger partial charge in [-0.3, -0.25) is 4.79 Å². The number of aryl methyl sites for hydroxylation is 1. The fourth-order valence-corrected chi connectivity index (χ4v) is 3.14. The first-order chi connectivity index (χ1) is 11.6. The van der Waals surface area contributed by atoms with Crippen LogP contribution in [-0.2, 0) is 0 Å². The van der Waals surface area contributed by atoms with E-state index in [2.05, 4.69) is 10.5 Å². The second-order valence-corrected chi connectivity index (χ2v) is 6.78. The van der Waals surface area contributed by atoms with Crippen LogP contribution in [-0.4, -0.2) is 11.6 Å². The van der Waals surface area contributed by atoms with Crippen molar-refractivity contribution in [3.63, 3.8) is 0 Å². The number of thiophene rings is 1. The Morgan fingerprint density at radius 1 is 0.917 bits per heavy atom. The van der Waals surface area contributed by atoms with Gasteiger partial charge in [-0.05, 0) is 49.2 Å². The quantitative estimate of drug-likeness (QED) is 0.536. The Labute approximate surface area is 145 Å². The van der Waals surface area contributed by atoms with E-state index in [4.69, 9.17) is 0 Å². The van der Waals surface area contributed by atoms with Crippen LogP contribution >= 0.6 is 11.3 Å². The predicted octanol–water partition coefficient (Wildman–Crippen LogP) is 4.88. The molecule has 2 aromatic carbocycles. The predicted molar refractivity (Wildman–Crippen MR) is 101 cm³/mol. The topological polar surface area (TPSA) is 41.5 Å². The molecule has 0 saturated carbocycles. The summed E-state index contributed by atoms with van der Waals surface area (Å²) in [7, 11) is 0. The van der Waals surface area contributed by atoms with Gasteiger partial charge in [0.05, 0.1) is 10.6 Å². The van der Waals surface area contributed by atoms with E-state index in [0.717, 1.165) is 21.7 Å². The number of benzene rings is 2. The van der Waals surface area contributed by atoms with E-state index in [0.29, 0.717) is 5.56 Å². The lowest BCUT2D eigenvalue weighted by atomic mass is 10.0. The van der Waals surface area contributed by atoms with Crippen molar-refractivity contribution in [3.8, 4) is 11.1 Å². The standard InChI is InChI=1S/C20H18N2OS/c1-14-8-13-19(24-14)15(2)21-22-20(23)18-11-9-17(10-12-18)16-6-4-3-5-7-16/h3-13H,1-2H3,(H,22,23). The zero-order valence-corrected chi connectivity index (χ0v) is 14.4. The normalized spacial score (nSPS) is 11.3. The molecule has 3 nitrogen and oxygen atoms in total. The second-order valence-electron chi connectivity index (χ2n) is 5.49. The van der Waals surface area contributed by atoms with Crippen LogP contribution in [0.1, 0.15) is 27.0 Å². The smallest absolute Gasteiger partial charge is 0.267 e. The number of hydrazone groups is 1. The van der Waals surface area contributed by atoms with Gasteiger partial charge in [0.2, 0.25) is 0 Å². The third kappa shape index (κ3) is 3.78. The Balaban J connectivity index is 1.69. The van der Waals surface area contributed by atoms with Crippen molar-refractivity contribution >= 4 is 23.0 Å². The molecule has 0 aliphatic carbocycles. The second kappa shape index (κ2) is 7.23. The van der Waals surface area contributed by atoms with Gasteiger partial charge in [-0.25, -0.2) is 5.43 Å². The summed E-state index contributed by atoms with van der Waals surface area (Å²) in [5.74, 6) is -0.206. The van der Waals surface area contributed by atoms with Crippen molar-refractivity contribution in [1.82, 2.24) is 5.43 Å². The summed E-state index contributed by atoms with van der Waals surface area (Å²) in [5.41, 5.74) is 6.24. The zero-order chi connectivity index (χ0) is 16.9. The molecule has 24 heavy (non-hydrogen) atoms. The highest BCUT2D eigenvalue weighted by atomic mass is 32.1. The van der Waals surface area contributed by atoms with Gasteiger partial charge in [0.25, 0.3) is 5.91 Å². The number of nitrogens with one attached hydrogen (secondary N) is 1. The van der Waals surface area contributed by atoms with E-state index in [9.17, 15) is 4.79 Å². The molecule has 120 valence electrons. The third-order valence-corrected chi connectivity index (χ3v) is 4.79. The lowest BCUT2D eigenvalue weighted by molar-refractivity contribution is 0.0955. The molecular weight excluding hydrogens is 316 g/mol. The van der Waals surface area contributed by atoms with Gasteiger partial charge in [0.1, 0.15) is 0 Å². The maximum atomic E-state index is 12.2. The SMILES string of the molecule is CC(=NNC(=O)c1ccc(-c2ccccc2)cc1)c1ccc(C)s1. The number of nitrogens with zero attached hydrogens (tertiary/aromatic N) is 1. The first-order valence-corrected chi connectivity index (χ1v) is 8.52. The molecule has 0 aliphatic rings. The molecule has 0 aliphatic heterocycles. The summed E-state index contributed by atoms with van der Waals surface area (Å²) in [6.07, 6.45) is 0. The van der Waals surface area contributed by atoms with Crippen LogP contribution in [0.3, 0.4) is 0 Å². The molecule has 0 radical (unpaired) electrons. The van der Waals surface area contributed by atoms with Gasteiger partial charge in [0, 0.05) is 10.4 Å². The molecule has 3 rings (SSSR count). The van der Waals surface area contributed by atoms with Gasteiger partial charge in [-0.2, -0.15) is 5.10 Å². The number of hydrogen-bond donors (Lipinski definition) is 1. The molecule has 0 unspecified atom stereocenters. The molecule has 1 heterocycles. The number of carbonyl (C=O) groups excluding carboxylic acids is 1. The van der Waals surface area contributed by atoms with Crippen LogP contribution in [0.25, 0.3) is 11.1 Å². The minimum absolute atomic E-state index is 0.206. The van der Waals surface area contributed by atoms with Gasteiger partial charge in [-0.15, -0.1) is 11.3 Å². The van der Waals surface area contributed by atoms with Gasteiger partial charge >= 0.3 is 0 Å². The van der Waals surface area contributed by atoms with Crippen LogP contribution in [0.4, 0.5) is 0 Å². The summed E-state index contributed by atoms with van der Waals surface area (Å²) in [5, 5.41) is 4.19. The number of rotatable bonds is 4. The van der Waals surface area contributed by atoms with E-state index in [1.54, 1.807) is 11.3 Å². The summed E-state index contributed by atoms with van der Waals surface area (Å²) in [6, 6.07) is 21.7. The van der Waals surface area contributed by atoms with E-state index < -0.39 is 0 Å². The van der Waals surface area contributed by atoms with Crippen LogP contribution in [0.2, 0.25) is 0 Å². The van der Waals surface area contributed by atoms with Crippen LogP contribution in [0.15, 0.2) is 71.8 Å². The minimum Gasteiger partial charge on any atom is -0.267 e. The Hall–Kier alpha value is -2.72. The number of carbonyl (C=O) groups is 1. The summed E-state index contributed by atoms with van der Waals surface area (Å²) in [6.45, 7) is 3.94.